The van der Waals surface area contributed by atoms with Crippen molar-refractivity contribution >= 4 is 5.91 Å². The zero-order valence-corrected chi connectivity index (χ0v) is 8.53. The summed E-state index contributed by atoms with van der Waals surface area (Å²) in [6.45, 7) is 2.63. The number of carbonyl (C=O) groups excluding carboxylic acids is 1. The molecule has 1 rings (SSSR count). The van der Waals surface area contributed by atoms with Crippen molar-refractivity contribution in [3.8, 4) is 0 Å². The van der Waals surface area contributed by atoms with E-state index in [1.54, 1.807) is 10.9 Å². The highest BCUT2D eigenvalue weighted by Crippen LogP contribution is 1.97. The highest BCUT2D eigenvalue weighted by molar-refractivity contribution is 5.74. The van der Waals surface area contributed by atoms with E-state index in [-0.39, 0.29) is 11.9 Å². The number of aryl methyl sites for hydroxylation is 1. The molecule has 1 amide bonds. The minimum absolute atomic E-state index is 0.0994. The quantitative estimate of drug-likeness (QED) is 0.683. The van der Waals surface area contributed by atoms with Gasteiger partial charge >= 0.3 is 0 Å². The second-order valence-corrected chi connectivity index (χ2v) is 3.40. The molecule has 0 spiro atoms. The van der Waals surface area contributed by atoms with E-state index in [0.29, 0.717) is 13.0 Å². The molecule has 0 aliphatic carbocycles. The molecular weight excluding hydrogens is 180 g/mol. The summed E-state index contributed by atoms with van der Waals surface area (Å²) in [6.07, 6.45) is 2.10. The molecular formula is C9H16N4O. The molecule has 14 heavy (non-hydrogen) atoms. The Morgan fingerprint density at radius 1 is 1.79 bits per heavy atom. The van der Waals surface area contributed by atoms with Gasteiger partial charge in [0.25, 0.3) is 0 Å². The number of primary amides is 1. The number of hydrogen-bond donors (Lipinski definition) is 2. The maximum Gasteiger partial charge on any atom is 0.218 e. The smallest absolute Gasteiger partial charge is 0.218 e. The first kappa shape index (κ1) is 10.7. The van der Waals surface area contributed by atoms with Gasteiger partial charge in [-0.1, -0.05) is 0 Å². The van der Waals surface area contributed by atoms with Gasteiger partial charge < -0.3 is 11.1 Å². The normalized spacial score (nSPS) is 12.7. The van der Waals surface area contributed by atoms with Crippen molar-refractivity contribution in [1.82, 2.24) is 15.1 Å². The van der Waals surface area contributed by atoms with Crippen LogP contribution in [0.4, 0.5) is 0 Å². The average molecular weight is 196 g/mol. The fourth-order valence-corrected chi connectivity index (χ4v) is 1.23. The third kappa shape index (κ3) is 3.18. The molecule has 1 unspecified atom stereocenters. The first-order valence-corrected chi connectivity index (χ1v) is 4.58. The first-order valence-electron chi connectivity index (χ1n) is 4.58. The van der Waals surface area contributed by atoms with Gasteiger partial charge in [0, 0.05) is 32.3 Å². The van der Waals surface area contributed by atoms with Crippen molar-refractivity contribution in [3.05, 3.63) is 18.0 Å². The summed E-state index contributed by atoms with van der Waals surface area (Å²) < 4.78 is 1.80. The number of aromatic nitrogens is 2. The largest absolute Gasteiger partial charge is 0.370 e. The average Bonchev–Trinajstić information content (AvgIpc) is 2.46. The maximum absolute atomic E-state index is 10.6. The lowest BCUT2D eigenvalue weighted by molar-refractivity contribution is -0.118. The molecule has 0 saturated heterocycles. The number of hydrogen-bond acceptors (Lipinski definition) is 3. The van der Waals surface area contributed by atoms with Crippen LogP contribution in [0.3, 0.4) is 0 Å². The van der Waals surface area contributed by atoms with Crippen LogP contribution < -0.4 is 11.1 Å². The van der Waals surface area contributed by atoms with Crippen molar-refractivity contribution in [2.75, 3.05) is 0 Å². The lowest BCUT2D eigenvalue weighted by atomic mass is 10.2. The third-order valence-electron chi connectivity index (χ3n) is 2.06. The van der Waals surface area contributed by atoms with E-state index in [1.165, 1.54) is 0 Å². The van der Waals surface area contributed by atoms with E-state index in [1.807, 2.05) is 20.0 Å². The zero-order chi connectivity index (χ0) is 10.6. The van der Waals surface area contributed by atoms with Gasteiger partial charge in [-0.25, -0.2) is 0 Å². The molecule has 3 N–H and O–H groups in total. The van der Waals surface area contributed by atoms with E-state index in [0.717, 1.165) is 5.69 Å². The van der Waals surface area contributed by atoms with Crippen LogP contribution in [0, 0.1) is 0 Å². The molecule has 0 fully saturated rings. The number of amides is 1. The predicted molar refractivity (Wildman–Crippen MR) is 53.3 cm³/mol. The highest BCUT2D eigenvalue weighted by Gasteiger charge is 2.06. The van der Waals surface area contributed by atoms with E-state index >= 15 is 0 Å². The molecule has 0 saturated carbocycles. The minimum atomic E-state index is -0.282. The summed E-state index contributed by atoms with van der Waals surface area (Å²) in [6, 6.07) is 2.03. The van der Waals surface area contributed by atoms with E-state index in [2.05, 4.69) is 10.4 Å². The summed E-state index contributed by atoms with van der Waals surface area (Å²) in [7, 11) is 1.88. The van der Waals surface area contributed by atoms with E-state index < -0.39 is 0 Å². The van der Waals surface area contributed by atoms with Crippen LogP contribution in [0.5, 0.6) is 0 Å². The predicted octanol–water partition coefficient (Wildman–Crippen LogP) is -0.226. The van der Waals surface area contributed by atoms with Gasteiger partial charge in [0.05, 0.1) is 5.69 Å². The Labute approximate surface area is 83.3 Å². The monoisotopic (exact) mass is 196 g/mol. The van der Waals surface area contributed by atoms with Crippen LogP contribution >= 0.6 is 0 Å². The second-order valence-electron chi connectivity index (χ2n) is 3.40. The molecule has 0 bridgehead atoms. The van der Waals surface area contributed by atoms with Crippen LogP contribution in [-0.4, -0.2) is 21.7 Å². The Morgan fingerprint density at radius 2 is 2.50 bits per heavy atom. The van der Waals surface area contributed by atoms with Crippen molar-refractivity contribution in [3.63, 3.8) is 0 Å². The Morgan fingerprint density at radius 3 is 3.00 bits per heavy atom. The molecule has 0 aliphatic rings. The molecule has 1 heterocycles. The molecule has 1 aromatic heterocycles. The molecule has 0 aromatic carbocycles. The summed E-state index contributed by atoms with van der Waals surface area (Å²) in [5, 5.41) is 7.24. The maximum atomic E-state index is 10.6. The van der Waals surface area contributed by atoms with E-state index in [4.69, 9.17) is 5.73 Å². The highest BCUT2D eigenvalue weighted by atomic mass is 16.1. The molecule has 78 valence electrons. The molecule has 1 aromatic rings. The molecule has 5 heteroatoms. The number of nitrogens with one attached hydrogen (secondary N) is 1. The number of nitrogens with zero attached hydrogens (tertiary/aromatic N) is 2. The van der Waals surface area contributed by atoms with Gasteiger partial charge in [-0.15, -0.1) is 0 Å². The number of nitrogens with two attached hydrogens (primary N) is 1. The topological polar surface area (TPSA) is 72.9 Å². The van der Waals surface area contributed by atoms with Crippen molar-refractivity contribution in [2.24, 2.45) is 12.8 Å². The Hall–Kier alpha value is -1.36. The van der Waals surface area contributed by atoms with Gasteiger partial charge in [-0.05, 0) is 13.0 Å². The summed E-state index contributed by atoms with van der Waals surface area (Å²) in [4.78, 5) is 10.6. The van der Waals surface area contributed by atoms with Crippen LogP contribution in [-0.2, 0) is 18.4 Å². The fraction of sp³-hybridized carbons (Fsp3) is 0.556. The molecule has 5 nitrogen and oxygen atoms in total. The van der Waals surface area contributed by atoms with Gasteiger partial charge in [-0.2, -0.15) is 5.10 Å². The lowest BCUT2D eigenvalue weighted by Crippen LogP contribution is -2.31. The third-order valence-corrected chi connectivity index (χ3v) is 2.06. The summed E-state index contributed by atoms with van der Waals surface area (Å²) in [5.74, 6) is -0.282. The van der Waals surface area contributed by atoms with E-state index in [9.17, 15) is 4.79 Å². The second kappa shape index (κ2) is 4.76. The van der Waals surface area contributed by atoms with Crippen molar-refractivity contribution < 1.29 is 4.79 Å². The van der Waals surface area contributed by atoms with Crippen LogP contribution in [0.15, 0.2) is 12.3 Å². The minimum Gasteiger partial charge on any atom is -0.370 e. The fourth-order valence-electron chi connectivity index (χ4n) is 1.23. The molecule has 0 radical (unpaired) electrons. The van der Waals surface area contributed by atoms with Gasteiger partial charge in [0.1, 0.15) is 0 Å². The summed E-state index contributed by atoms with van der Waals surface area (Å²) in [5.41, 5.74) is 6.16. The van der Waals surface area contributed by atoms with Crippen molar-refractivity contribution in [2.45, 2.75) is 25.9 Å². The number of rotatable bonds is 5. The zero-order valence-electron chi connectivity index (χ0n) is 8.53. The standard InChI is InChI=1S/C9H16N4O/c1-7(5-9(10)14)11-6-8-3-4-12-13(8)2/h3-4,7,11H,5-6H2,1-2H3,(H2,10,14). The van der Waals surface area contributed by atoms with Gasteiger partial charge in [0.2, 0.25) is 5.91 Å². The van der Waals surface area contributed by atoms with Crippen LogP contribution in [0.25, 0.3) is 0 Å². The van der Waals surface area contributed by atoms with Gasteiger partial charge in [0.15, 0.2) is 0 Å². The Kier molecular flexibility index (Phi) is 3.64. The summed E-state index contributed by atoms with van der Waals surface area (Å²) >= 11 is 0. The van der Waals surface area contributed by atoms with Gasteiger partial charge in [-0.3, -0.25) is 9.48 Å². The molecule has 1 atom stereocenters. The molecule has 0 aliphatic heterocycles. The van der Waals surface area contributed by atoms with Crippen molar-refractivity contribution in [1.29, 1.82) is 0 Å². The lowest BCUT2D eigenvalue weighted by Gasteiger charge is -2.11. The van der Waals surface area contributed by atoms with Crippen LogP contribution in [0.1, 0.15) is 19.0 Å². The Balaban J connectivity index is 2.34. The Bertz CT molecular complexity index is 308. The van der Waals surface area contributed by atoms with Crippen LogP contribution in [0.2, 0.25) is 0 Å². The SMILES string of the molecule is CC(CC(N)=O)NCc1ccnn1C. The first-order chi connectivity index (χ1) is 6.59. The number of carbonyl (C=O) groups is 1.